The molecule has 1 spiro atoms. The summed E-state index contributed by atoms with van der Waals surface area (Å²) in [5.74, 6) is 0.858. The Balaban J connectivity index is 1.92. The van der Waals surface area contributed by atoms with Crippen LogP contribution in [0.2, 0.25) is 0 Å². The predicted molar refractivity (Wildman–Crippen MR) is 72.5 cm³/mol. The molecule has 1 aliphatic heterocycles. The first kappa shape index (κ1) is 12.9. The Morgan fingerprint density at radius 2 is 1.89 bits per heavy atom. The summed E-state index contributed by atoms with van der Waals surface area (Å²) < 4.78 is 0. The summed E-state index contributed by atoms with van der Waals surface area (Å²) in [6.07, 6.45) is 6.83. The monoisotopic (exact) mass is 264 g/mol. The molecule has 3 fully saturated rings. The summed E-state index contributed by atoms with van der Waals surface area (Å²) in [4.78, 5) is 27.4. The zero-order valence-electron chi connectivity index (χ0n) is 12.0. The van der Waals surface area contributed by atoms with Gasteiger partial charge in [-0.1, -0.05) is 19.8 Å². The molecule has 3 aliphatic rings. The Labute approximate surface area is 114 Å². The molecule has 1 heterocycles. The van der Waals surface area contributed by atoms with E-state index in [9.17, 15) is 9.59 Å². The average molecular weight is 264 g/mol. The van der Waals surface area contributed by atoms with Crippen LogP contribution in [-0.2, 0) is 9.59 Å². The highest BCUT2D eigenvalue weighted by atomic mass is 16.2. The molecular formula is C15H24N2O2. The zero-order chi connectivity index (χ0) is 13.7. The van der Waals surface area contributed by atoms with Gasteiger partial charge in [-0.3, -0.25) is 9.59 Å². The van der Waals surface area contributed by atoms with Crippen molar-refractivity contribution in [1.29, 1.82) is 0 Å². The van der Waals surface area contributed by atoms with Crippen molar-refractivity contribution in [3.63, 3.8) is 0 Å². The third kappa shape index (κ3) is 1.87. The van der Waals surface area contributed by atoms with Gasteiger partial charge in [-0.15, -0.1) is 0 Å². The summed E-state index contributed by atoms with van der Waals surface area (Å²) in [6.45, 7) is 4.70. The number of amides is 2. The lowest BCUT2D eigenvalue weighted by molar-refractivity contribution is -0.162. The molecule has 2 aliphatic carbocycles. The molecule has 3 rings (SSSR count). The molecule has 0 radical (unpaired) electrons. The summed E-state index contributed by atoms with van der Waals surface area (Å²) in [5, 5.41) is 3.08. The maximum atomic E-state index is 12.9. The molecule has 1 atom stereocenters. The van der Waals surface area contributed by atoms with E-state index in [0.717, 1.165) is 32.2 Å². The molecule has 0 aromatic heterocycles. The number of nitrogens with one attached hydrogen (secondary N) is 1. The summed E-state index contributed by atoms with van der Waals surface area (Å²) in [5.41, 5.74) is -1.21. The van der Waals surface area contributed by atoms with Crippen molar-refractivity contribution in [3.05, 3.63) is 0 Å². The van der Waals surface area contributed by atoms with E-state index < -0.39 is 11.1 Å². The van der Waals surface area contributed by atoms with Gasteiger partial charge in [0.25, 0.3) is 0 Å². The van der Waals surface area contributed by atoms with Crippen LogP contribution in [0.5, 0.6) is 0 Å². The molecule has 1 unspecified atom stereocenters. The first-order valence-electron chi connectivity index (χ1n) is 7.66. The van der Waals surface area contributed by atoms with Crippen molar-refractivity contribution in [3.8, 4) is 0 Å². The van der Waals surface area contributed by atoms with Crippen molar-refractivity contribution in [1.82, 2.24) is 10.2 Å². The number of nitrogens with zero attached hydrogens (tertiary/aromatic N) is 1. The molecular weight excluding hydrogens is 240 g/mol. The van der Waals surface area contributed by atoms with E-state index >= 15 is 0 Å². The molecule has 1 N–H and O–H groups in total. The maximum Gasteiger partial charge on any atom is 0.249 e. The Morgan fingerprint density at radius 1 is 1.26 bits per heavy atom. The van der Waals surface area contributed by atoms with Crippen LogP contribution in [0.1, 0.15) is 58.8 Å². The molecule has 0 aromatic carbocycles. The first-order valence-corrected chi connectivity index (χ1v) is 7.66. The lowest BCUT2D eigenvalue weighted by atomic mass is 9.83. The lowest BCUT2D eigenvalue weighted by Gasteiger charge is -2.50. The van der Waals surface area contributed by atoms with Crippen molar-refractivity contribution < 1.29 is 9.59 Å². The minimum atomic E-state index is -0.645. The van der Waals surface area contributed by atoms with Gasteiger partial charge >= 0.3 is 0 Å². The van der Waals surface area contributed by atoms with Crippen LogP contribution >= 0.6 is 0 Å². The van der Waals surface area contributed by atoms with Gasteiger partial charge in [0.1, 0.15) is 11.1 Å². The number of piperazine rings is 1. The Morgan fingerprint density at radius 3 is 2.42 bits per heavy atom. The minimum absolute atomic E-state index is 0.0529. The van der Waals surface area contributed by atoms with Crippen LogP contribution in [0.3, 0.4) is 0 Å². The average Bonchev–Trinajstić information content (AvgIpc) is 3.10. The Bertz CT molecular complexity index is 410. The van der Waals surface area contributed by atoms with Gasteiger partial charge < -0.3 is 10.2 Å². The molecule has 106 valence electrons. The second-order valence-corrected chi connectivity index (χ2v) is 6.73. The fraction of sp³-hybridized carbons (Fsp3) is 0.867. The third-order valence-corrected chi connectivity index (χ3v) is 5.38. The topological polar surface area (TPSA) is 49.4 Å². The standard InChI is InChI=1S/C15H24N2O2/c1-3-14(2)12(18)16-15(8-4-5-9-15)13(19)17(14)10-11-6-7-11/h11H,3-10H2,1-2H3,(H,16,18). The number of carbonyl (C=O) groups excluding carboxylic acids is 2. The normalized spacial score (nSPS) is 33.9. The number of hydrogen-bond acceptors (Lipinski definition) is 2. The number of carbonyl (C=O) groups is 2. The Kier molecular flexibility index (Phi) is 2.88. The van der Waals surface area contributed by atoms with Crippen LogP contribution in [-0.4, -0.2) is 34.3 Å². The van der Waals surface area contributed by atoms with Crippen molar-refractivity contribution in [2.24, 2.45) is 5.92 Å². The summed E-state index contributed by atoms with van der Waals surface area (Å²) in [7, 11) is 0. The molecule has 2 amide bonds. The van der Waals surface area contributed by atoms with Crippen LogP contribution in [0, 0.1) is 5.92 Å². The Hall–Kier alpha value is -1.06. The lowest BCUT2D eigenvalue weighted by Crippen LogP contribution is -2.74. The van der Waals surface area contributed by atoms with Gasteiger partial charge in [0.05, 0.1) is 0 Å². The zero-order valence-corrected chi connectivity index (χ0v) is 12.0. The summed E-state index contributed by atoms with van der Waals surface area (Å²) in [6, 6.07) is 0. The van der Waals surface area contributed by atoms with Crippen LogP contribution in [0.15, 0.2) is 0 Å². The molecule has 4 nitrogen and oxygen atoms in total. The second kappa shape index (κ2) is 4.22. The van der Waals surface area contributed by atoms with Crippen LogP contribution in [0.4, 0.5) is 0 Å². The highest BCUT2D eigenvalue weighted by Gasteiger charge is 2.56. The van der Waals surface area contributed by atoms with E-state index in [1.54, 1.807) is 0 Å². The maximum absolute atomic E-state index is 12.9. The fourth-order valence-corrected chi connectivity index (χ4v) is 3.52. The van der Waals surface area contributed by atoms with Crippen molar-refractivity contribution in [2.75, 3.05) is 6.54 Å². The smallest absolute Gasteiger partial charge is 0.249 e. The van der Waals surface area contributed by atoms with Gasteiger partial charge in [-0.25, -0.2) is 0 Å². The summed E-state index contributed by atoms with van der Waals surface area (Å²) >= 11 is 0. The van der Waals surface area contributed by atoms with E-state index in [2.05, 4.69) is 5.32 Å². The van der Waals surface area contributed by atoms with Crippen LogP contribution in [0.25, 0.3) is 0 Å². The quantitative estimate of drug-likeness (QED) is 0.845. The SMILES string of the molecule is CCC1(C)C(=O)NC2(CCCC2)C(=O)N1CC1CC1. The molecule has 19 heavy (non-hydrogen) atoms. The third-order valence-electron chi connectivity index (χ3n) is 5.38. The highest BCUT2D eigenvalue weighted by molar-refractivity contribution is 6.02. The fourth-order valence-electron chi connectivity index (χ4n) is 3.52. The molecule has 1 saturated heterocycles. The molecule has 2 saturated carbocycles. The highest BCUT2D eigenvalue weighted by Crippen LogP contribution is 2.41. The van der Waals surface area contributed by atoms with E-state index in [4.69, 9.17) is 0 Å². The van der Waals surface area contributed by atoms with Gasteiger partial charge in [0.2, 0.25) is 11.8 Å². The van der Waals surface area contributed by atoms with Gasteiger partial charge in [0.15, 0.2) is 0 Å². The van der Waals surface area contributed by atoms with E-state index in [0.29, 0.717) is 12.3 Å². The predicted octanol–water partition coefficient (Wildman–Crippen LogP) is 1.84. The van der Waals surface area contributed by atoms with Gasteiger partial charge in [-0.05, 0) is 44.9 Å². The first-order chi connectivity index (χ1) is 9.02. The van der Waals surface area contributed by atoms with Gasteiger partial charge in [-0.2, -0.15) is 0 Å². The number of hydrogen-bond donors (Lipinski definition) is 1. The van der Waals surface area contributed by atoms with Gasteiger partial charge in [0, 0.05) is 6.54 Å². The van der Waals surface area contributed by atoms with Crippen LogP contribution < -0.4 is 5.32 Å². The van der Waals surface area contributed by atoms with E-state index in [-0.39, 0.29) is 11.8 Å². The largest absolute Gasteiger partial charge is 0.340 e. The van der Waals surface area contributed by atoms with E-state index in [1.807, 2.05) is 18.7 Å². The minimum Gasteiger partial charge on any atom is -0.340 e. The number of rotatable bonds is 3. The molecule has 0 bridgehead atoms. The second-order valence-electron chi connectivity index (χ2n) is 6.73. The molecule has 0 aromatic rings. The van der Waals surface area contributed by atoms with E-state index in [1.165, 1.54) is 12.8 Å². The molecule has 4 heteroatoms. The van der Waals surface area contributed by atoms with Crippen molar-refractivity contribution >= 4 is 11.8 Å². The van der Waals surface area contributed by atoms with Crippen molar-refractivity contribution in [2.45, 2.75) is 69.9 Å².